The zero-order valence-electron chi connectivity index (χ0n) is 12.0. The van der Waals surface area contributed by atoms with Gasteiger partial charge in [0.15, 0.2) is 5.82 Å². The second kappa shape index (κ2) is 5.71. The molecule has 4 heteroatoms. The van der Waals surface area contributed by atoms with E-state index in [9.17, 15) is 0 Å². The normalized spacial score (nSPS) is 11.1. The van der Waals surface area contributed by atoms with E-state index in [1.807, 2.05) is 48.5 Å². The number of aromatic nitrogens is 1. The summed E-state index contributed by atoms with van der Waals surface area (Å²) >= 11 is 0. The van der Waals surface area contributed by atoms with Crippen LogP contribution in [0, 0.1) is 13.8 Å². The van der Waals surface area contributed by atoms with Crippen LogP contribution in [0.3, 0.4) is 0 Å². The number of aryl methyl sites for hydroxylation is 2. The summed E-state index contributed by atoms with van der Waals surface area (Å²) in [6, 6.07) is 17.9. The minimum absolute atomic E-state index is 0.588. The van der Waals surface area contributed by atoms with Crippen LogP contribution < -0.4 is 5.43 Å². The van der Waals surface area contributed by atoms with E-state index in [-0.39, 0.29) is 0 Å². The number of benzene rings is 2. The maximum Gasteiger partial charge on any atom is 0.176 e. The lowest BCUT2D eigenvalue weighted by molar-refractivity contribution is 1.10. The molecule has 0 saturated carbocycles. The van der Waals surface area contributed by atoms with Gasteiger partial charge >= 0.3 is 0 Å². The van der Waals surface area contributed by atoms with E-state index in [4.69, 9.17) is 0 Å². The van der Waals surface area contributed by atoms with Crippen LogP contribution in [0.4, 0.5) is 11.5 Å². The quantitative estimate of drug-likeness (QED) is 0.542. The Balaban J connectivity index is 1.76. The lowest BCUT2D eigenvalue weighted by Gasteiger charge is -2.03. The number of nitrogens with one attached hydrogen (secondary N) is 1. The highest BCUT2D eigenvalue weighted by Gasteiger charge is 1.97. The van der Waals surface area contributed by atoms with Gasteiger partial charge in [0.25, 0.3) is 0 Å². The molecule has 21 heavy (non-hydrogen) atoms. The second-order valence-corrected chi connectivity index (χ2v) is 4.97. The van der Waals surface area contributed by atoms with Crippen LogP contribution >= 0.6 is 0 Å². The fourth-order valence-electron chi connectivity index (χ4n) is 2.06. The molecule has 0 saturated heterocycles. The summed E-state index contributed by atoms with van der Waals surface area (Å²) in [7, 11) is 0. The van der Waals surface area contributed by atoms with Crippen LogP contribution in [0.25, 0.3) is 10.9 Å². The lowest BCUT2D eigenvalue weighted by atomic mass is 10.1. The molecule has 1 N–H and O–H groups in total. The molecule has 1 heterocycles. The van der Waals surface area contributed by atoms with Crippen LogP contribution in [0.1, 0.15) is 11.1 Å². The molecule has 3 rings (SSSR count). The molecular weight excluding hydrogens is 260 g/mol. The molecule has 0 aliphatic rings. The summed E-state index contributed by atoms with van der Waals surface area (Å²) in [5.74, 6) is 0.588. The van der Waals surface area contributed by atoms with Crippen LogP contribution in [-0.2, 0) is 0 Å². The van der Waals surface area contributed by atoms with Crippen molar-refractivity contribution in [3.63, 3.8) is 0 Å². The van der Waals surface area contributed by atoms with Crippen molar-refractivity contribution < 1.29 is 0 Å². The summed E-state index contributed by atoms with van der Waals surface area (Å²) in [4.78, 5) is 4.44. The minimum atomic E-state index is 0.588. The molecule has 0 unspecified atom stereocenters. The highest BCUT2D eigenvalue weighted by Crippen LogP contribution is 2.18. The summed E-state index contributed by atoms with van der Waals surface area (Å²) in [5, 5.41) is 9.20. The Kier molecular flexibility index (Phi) is 3.60. The van der Waals surface area contributed by atoms with E-state index in [1.165, 1.54) is 11.1 Å². The van der Waals surface area contributed by atoms with Crippen LogP contribution in [0.15, 0.2) is 64.9 Å². The molecule has 104 valence electrons. The molecule has 0 aliphatic heterocycles. The first-order valence-corrected chi connectivity index (χ1v) is 6.82. The Morgan fingerprint density at radius 1 is 0.905 bits per heavy atom. The van der Waals surface area contributed by atoms with E-state index in [2.05, 4.69) is 40.7 Å². The first-order valence-electron chi connectivity index (χ1n) is 6.82. The zero-order valence-corrected chi connectivity index (χ0v) is 12.0. The Labute approximate surface area is 123 Å². The number of anilines is 1. The summed E-state index contributed by atoms with van der Waals surface area (Å²) in [5.41, 5.74) is 7.24. The van der Waals surface area contributed by atoms with Gasteiger partial charge in [0.1, 0.15) is 0 Å². The SMILES string of the molecule is Cc1ccc(NN=Nc2ccc3ccccc3n2)cc1C. The van der Waals surface area contributed by atoms with Crippen LogP contribution in [0.2, 0.25) is 0 Å². The van der Waals surface area contributed by atoms with E-state index in [1.54, 1.807) is 0 Å². The number of hydrogen-bond acceptors (Lipinski definition) is 3. The van der Waals surface area contributed by atoms with Crippen molar-refractivity contribution in [2.75, 3.05) is 5.43 Å². The molecule has 0 fully saturated rings. The molecule has 1 aromatic heterocycles. The summed E-state index contributed by atoms with van der Waals surface area (Å²) in [6.07, 6.45) is 0. The standard InChI is InChI=1S/C17H16N4/c1-12-7-9-15(11-13(12)2)19-21-20-17-10-8-14-5-3-4-6-16(14)18-17/h3-11H,1-2H3,(H,18,19,20). The minimum Gasteiger partial charge on any atom is -0.260 e. The number of rotatable bonds is 3. The molecule has 3 aromatic rings. The van der Waals surface area contributed by atoms with E-state index in [0.29, 0.717) is 5.82 Å². The Hall–Kier alpha value is -2.75. The first kappa shape index (κ1) is 13.2. The predicted octanol–water partition coefficient (Wildman–Crippen LogP) is 4.96. The van der Waals surface area contributed by atoms with Crippen molar-refractivity contribution in [3.05, 3.63) is 65.7 Å². The van der Waals surface area contributed by atoms with E-state index < -0.39 is 0 Å². The van der Waals surface area contributed by atoms with Gasteiger partial charge in [-0.1, -0.05) is 29.5 Å². The van der Waals surface area contributed by atoms with Gasteiger partial charge in [-0.25, -0.2) is 4.98 Å². The van der Waals surface area contributed by atoms with Gasteiger partial charge in [0, 0.05) is 5.39 Å². The predicted molar refractivity (Wildman–Crippen MR) is 85.8 cm³/mol. The Morgan fingerprint density at radius 3 is 2.62 bits per heavy atom. The van der Waals surface area contributed by atoms with Gasteiger partial charge in [-0.15, -0.1) is 5.11 Å². The van der Waals surface area contributed by atoms with Crippen molar-refractivity contribution in [1.29, 1.82) is 0 Å². The van der Waals surface area contributed by atoms with Gasteiger partial charge in [0.2, 0.25) is 0 Å². The molecule has 0 amide bonds. The van der Waals surface area contributed by atoms with Crippen LogP contribution in [0.5, 0.6) is 0 Å². The Morgan fingerprint density at radius 2 is 1.76 bits per heavy atom. The third-order valence-electron chi connectivity index (χ3n) is 3.42. The van der Waals surface area contributed by atoms with Gasteiger partial charge < -0.3 is 0 Å². The highest BCUT2D eigenvalue weighted by atomic mass is 15.4. The first-order chi connectivity index (χ1) is 10.2. The van der Waals surface area contributed by atoms with Gasteiger partial charge in [-0.2, -0.15) is 0 Å². The molecule has 2 aromatic carbocycles. The third kappa shape index (κ3) is 3.05. The average molecular weight is 276 g/mol. The van der Waals surface area contributed by atoms with Crippen molar-refractivity contribution in [2.24, 2.45) is 10.3 Å². The fraction of sp³-hybridized carbons (Fsp3) is 0.118. The average Bonchev–Trinajstić information content (AvgIpc) is 2.51. The molecule has 0 atom stereocenters. The maximum atomic E-state index is 4.44. The maximum absolute atomic E-state index is 4.44. The number of nitrogens with zero attached hydrogens (tertiary/aromatic N) is 3. The molecule has 0 radical (unpaired) electrons. The fourth-order valence-corrected chi connectivity index (χ4v) is 2.06. The molecule has 0 aliphatic carbocycles. The van der Waals surface area contributed by atoms with Crippen molar-refractivity contribution in [2.45, 2.75) is 13.8 Å². The second-order valence-electron chi connectivity index (χ2n) is 4.97. The molecule has 4 nitrogen and oxygen atoms in total. The summed E-state index contributed by atoms with van der Waals surface area (Å²) < 4.78 is 0. The van der Waals surface area contributed by atoms with Crippen molar-refractivity contribution in [3.8, 4) is 0 Å². The number of pyridine rings is 1. The molecule has 0 spiro atoms. The summed E-state index contributed by atoms with van der Waals surface area (Å²) in [6.45, 7) is 4.15. The smallest absolute Gasteiger partial charge is 0.176 e. The topological polar surface area (TPSA) is 49.6 Å². The van der Waals surface area contributed by atoms with Gasteiger partial charge in [-0.05, 0) is 55.3 Å². The van der Waals surface area contributed by atoms with Crippen molar-refractivity contribution in [1.82, 2.24) is 4.98 Å². The lowest BCUT2D eigenvalue weighted by Crippen LogP contribution is -1.89. The molecule has 0 bridgehead atoms. The third-order valence-corrected chi connectivity index (χ3v) is 3.42. The van der Waals surface area contributed by atoms with Crippen LogP contribution in [-0.4, -0.2) is 4.98 Å². The van der Waals surface area contributed by atoms with E-state index >= 15 is 0 Å². The Bertz CT molecular complexity index is 809. The number of fused-ring (bicyclic) bond motifs is 1. The molecular formula is C17H16N4. The number of para-hydroxylation sites is 1. The van der Waals surface area contributed by atoms with E-state index in [0.717, 1.165) is 16.6 Å². The largest absolute Gasteiger partial charge is 0.260 e. The van der Waals surface area contributed by atoms with Crippen molar-refractivity contribution >= 4 is 22.4 Å². The zero-order chi connectivity index (χ0) is 14.7. The monoisotopic (exact) mass is 276 g/mol. The van der Waals surface area contributed by atoms with Gasteiger partial charge in [0.05, 0.1) is 11.2 Å². The van der Waals surface area contributed by atoms with Gasteiger partial charge in [-0.3, -0.25) is 5.43 Å². The highest BCUT2D eigenvalue weighted by molar-refractivity contribution is 5.79. The number of hydrogen-bond donors (Lipinski definition) is 1.